The van der Waals surface area contributed by atoms with Crippen LogP contribution in [0.4, 0.5) is 5.82 Å². The fraction of sp³-hybridized carbons (Fsp3) is 0.471. The quantitative estimate of drug-likeness (QED) is 0.849. The van der Waals surface area contributed by atoms with Crippen molar-refractivity contribution in [3.63, 3.8) is 0 Å². The van der Waals surface area contributed by atoms with E-state index in [2.05, 4.69) is 32.8 Å². The predicted molar refractivity (Wildman–Crippen MR) is 86.1 cm³/mol. The Morgan fingerprint density at radius 1 is 1.27 bits per heavy atom. The van der Waals surface area contributed by atoms with Crippen LogP contribution < -0.4 is 9.64 Å². The topological polar surface area (TPSA) is 51.1 Å². The summed E-state index contributed by atoms with van der Waals surface area (Å²) in [6.07, 6.45) is 6.73. The predicted octanol–water partition coefficient (Wildman–Crippen LogP) is 2.73. The van der Waals surface area contributed by atoms with Gasteiger partial charge in [0.25, 0.3) is 0 Å². The van der Waals surface area contributed by atoms with E-state index in [1.54, 1.807) is 12.5 Å². The first-order chi connectivity index (χ1) is 10.8. The van der Waals surface area contributed by atoms with E-state index in [0.29, 0.717) is 18.4 Å². The van der Waals surface area contributed by atoms with Crippen molar-refractivity contribution in [2.45, 2.75) is 26.2 Å². The molecule has 116 valence electrons. The molecular weight excluding hydrogens is 276 g/mol. The van der Waals surface area contributed by atoms with Crippen LogP contribution in [0.3, 0.4) is 0 Å². The van der Waals surface area contributed by atoms with Crippen LogP contribution in [0.2, 0.25) is 0 Å². The second-order valence-corrected chi connectivity index (χ2v) is 5.65. The van der Waals surface area contributed by atoms with Gasteiger partial charge < -0.3 is 9.64 Å². The van der Waals surface area contributed by atoms with E-state index in [-0.39, 0.29) is 0 Å². The summed E-state index contributed by atoms with van der Waals surface area (Å²) >= 11 is 0. The van der Waals surface area contributed by atoms with Crippen molar-refractivity contribution >= 4 is 5.82 Å². The van der Waals surface area contributed by atoms with Crippen LogP contribution in [0.1, 0.15) is 25.5 Å². The standard InChI is InChI=1S/C17H22N4O/c1-2-15-10-16(20-13-19-15)21-9-5-6-14(11-21)12-22-17-7-3-4-8-18-17/h3-4,7-8,10,13-14H,2,5-6,9,11-12H2,1H3. The summed E-state index contributed by atoms with van der Waals surface area (Å²) < 4.78 is 5.80. The zero-order valence-corrected chi connectivity index (χ0v) is 13.0. The molecule has 1 saturated heterocycles. The molecule has 5 heteroatoms. The summed E-state index contributed by atoms with van der Waals surface area (Å²) in [6.45, 7) is 4.86. The zero-order valence-electron chi connectivity index (χ0n) is 13.0. The van der Waals surface area contributed by atoms with Crippen LogP contribution >= 0.6 is 0 Å². The molecule has 0 bridgehead atoms. The van der Waals surface area contributed by atoms with E-state index in [9.17, 15) is 0 Å². The number of hydrogen-bond acceptors (Lipinski definition) is 5. The lowest BCUT2D eigenvalue weighted by atomic mass is 9.99. The Bertz CT molecular complexity index is 590. The molecule has 1 atom stereocenters. The van der Waals surface area contributed by atoms with Gasteiger partial charge in [-0.05, 0) is 25.3 Å². The van der Waals surface area contributed by atoms with Crippen LogP contribution in [-0.2, 0) is 6.42 Å². The third kappa shape index (κ3) is 3.72. The number of rotatable bonds is 5. The fourth-order valence-corrected chi connectivity index (χ4v) is 2.80. The third-order valence-electron chi connectivity index (χ3n) is 4.02. The minimum atomic E-state index is 0.510. The number of anilines is 1. The average Bonchev–Trinajstić information content (AvgIpc) is 2.61. The smallest absolute Gasteiger partial charge is 0.213 e. The first-order valence-corrected chi connectivity index (χ1v) is 7.95. The third-order valence-corrected chi connectivity index (χ3v) is 4.02. The highest BCUT2D eigenvalue weighted by molar-refractivity contribution is 5.39. The SMILES string of the molecule is CCc1cc(N2CCCC(COc3ccccn3)C2)ncn1. The van der Waals surface area contributed by atoms with Gasteiger partial charge in [0.1, 0.15) is 12.1 Å². The number of aryl methyl sites for hydroxylation is 1. The Morgan fingerprint density at radius 3 is 3.05 bits per heavy atom. The van der Waals surface area contributed by atoms with Gasteiger partial charge in [-0.1, -0.05) is 13.0 Å². The summed E-state index contributed by atoms with van der Waals surface area (Å²) in [5, 5.41) is 0. The number of piperidine rings is 1. The lowest BCUT2D eigenvalue weighted by Crippen LogP contribution is -2.38. The van der Waals surface area contributed by atoms with Crippen molar-refractivity contribution in [2.75, 3.05) is 24.6 Å². The summed E-state index contributed by atoms with van der Waals surface area (Å²) in [6, 6.07) is 7.85. The molecule has 0 N–H and O–H groups in total. The molecule has 1 fully saturated rings. The second kappa shape index (κ2) is 7.20. The summed E-state index contributed by atoms with van der Waals surface area (Å²) in [5.41, 5.74) is 1.09. The van der Waals surface area contributed by atoms with Crippen molar-refractivity contribution in [1.29, 1.82) is 0 Å². The van der Waals surface area contributed by atoms with E-state index >= 15 is 0 Å². The van der Waals surface area contributed by atoms with Crippen LogP contribution in [0.15, 0.2) is 36.8 Å². The molecule has 22 heavy (non-hydrogen) atoms. The van der Waals surface area contributed by atoms with E-state index < -0.39 is 0 Å². The fourth-order valence-electron chi connectivity index (χ4n) is 2.80. The molecule has 3 rings (SSSR count). The highest BCUT2D eigenvalue weighted by Gasteiger charge is 2.21. The normalized spacial score (nSPS) is 18.2. The van der Waals surface area contributed by atoms with Gasteiger partial charge in [0.05, 0.1) is 6.61 Å². The Morgan fingerprint density at radius 2 is 2.23 bits per heavy atom. The van der Waals surface area contributed by atoms with Crippen LogP contribution in [-0.4, -0.2) is 34.6 Å². The van der Waals surface area contributed by atoms with Crippen LogP contribution in [0.25, 0.3) is 0 Å². The van der Waals surface area contributed by atoms with Gasteiger partial charge in [-0.15, -0.1) is 0 Å². The van der Waals surface area contributed by atoms with Gasteiger partial charge in [0, 0.05) is 43.0 Å². The van der Waals surface area contributed by atoms with Crippen molar-refractivity contribution in [1.82, 2.24) is 15.0 Å². The van der Waals surface area contributed by atoms with Crippen LogP contribution in [0, 0.1) is 5.92 Å². The first kappa shape index (κ1) is 14.8. The van der Waals surface area contributed by atoms with E-state index in [1.165, 1.54) is 12.8 Å². The Labute approximate surface area is 131 Å². The summed E-state index contributed by atoms with van der Waals surface area (Å²) in [4.78, 5) is 15.3. The molecule has 5 nitrogen and oxygen atoms in total. The molecule has 1 aliphatic heterocycles. The largest absolute Gasteiger partial charge is 0.477 e. The van der Waals surface area contributed by atoms with Gasteiger partial charge in [-0.25, -0.2) is 15.0 Å². The molecule has 0 saturated carbocycles. The average molecular weight is 298 g/mol. The van der Waals surface area contributed by atoms with Gasteiger partial charge in [0.15, 0.2) is 0 Å². The maximum absolute atomic E-state index is 5.80. The van der Waals surface area contributed by atoms with Crippen molar-refractivity contribution in [3.8, 4) is 5.88 Å². The van der Waals surface area contributed by atoms with Gasteiger partial charge in [0.2, 0.25) is 5.88 Å². The van der Waals surface area contributed by atoms with E-state index in [4.69, 9.17) is 4.74 Å². The minimum absolute atomic E-state index is 0.510. The Balaban J connectivity index is 1.59. The maximum atomic E-state index is 5.80. The molecule has 2 aromatic rings. The minimum Gasteiger partial charge on any atom is -0.477 e. The van der Waals surface area contributed by atoms with Gasteiger partial charge >= 0.3 is 0 Å². The van der Waals surface area contributed by atoms with Crippen molar-refractivity contribution in [3.05, 3.63) is 42.5 Å². The number of nitrogens with zero attached hydrogens (tertiary/aromatic N) is 4. The lowest BCUT2D eigenvalue weighted by molar-refractivity contribution is 0.221. The second-order valence-electron chi connectivity index (χ2n) is 5.65. The summed E-state index contributed by atoms with van der Waals surface area (Å²) in [7, 11) is 0. The number of pyridine rings is 1. The Kier molecular flexibility index (Phi) is 4.83. The molecule has 0 aliphatic carbocycles. The molecule has 1 unspecified atom stereocenters. The maximum Gasteiger partial charge on any atom is 0.213 e. The molecule has 1 aliphatic rings. The van der Waals surface area contributed by atoms with Crippen molar-refractivity contribution in [2.24, 2.45) is 5.92 Å². The van der Waals surface area contributed by atoms with Gasteiger partial charge in [-0.2, -0.15) is 0 Å². The summed E-state index contributed by atoms with van der Waals surface area (Å²) in [5.74, 6) is 2.25. The first-order valence-electron chi connectivity index (χ1n) is 7.95. The van der Waals surface area contributed by atoms with Gasteiger partial charge in [-0.3, -0.25) is 0 Å². The van der Waals surface area contributed by atoms with Crippen molar-refractivity contribution < 1.29 is 4.74 Å². The highest BCUT2D eigenvalue weighted by atomic mass is 16.5. The molecule has 0 radical (unpaired) electrons. The monoisotopic (exact) mass is 298 g/mol. The number of hydrogen-bond donors (Lipinski definition) is 0. The molecular formula is C17H22N4O. The molecule has 2 aromatic heterocycles. The molecule has 0 spiro atoms. The Hall–Kier alpha value is -2.17. The zero-order chi connectivity index (χ0) is 15.2. The molecule has 0 aromatic carbocycles. The highest BCUT2D eigenvalue weighted by Crippen LogP contribution is 2.22. The van der Waals surface area contributed by atoms with E-state index in [1.807, 2.05) is 18.2 Å². The molecule has 0 amide bonds. The number of ether oxygens (including phenoxy) is 1. The van der Waals surface area contributed by atoms with Crippen LogP contribution in [0.5, 0.6) is 5.88 Å². The number of aromatic nitrogens is 3. The molecule has 3 heterocycles. The van der Waals surface area contributed by atoms with E-state index in [0.717, 1.165) is 31.0 Å². The lowest BCUT2D eigenvalue weighted by Gasteiger charge is -2.33.